The van der Waals surface area contributed by atoms with E-state index in [1.54, 1.807) is 6.07 Å². The Balaban J connectivity index is 1.61. The summed E-state index contributed by atoms with van der Waals surface area (Å²) < 4.78 is 25.6. The summed E-state index contributed by atoms with van der Waals surface area (Å²) in [6.07, 6.45) is 0.562. The van der Waals surface area contributed by atoms with Gasteiger partial charge in [0.15, 0.2) is 0 Å². The predicted molar refractivity (Wildman–Crippen MR) is 106 cm³/mol. The van der Waals surface area contributed by atoms with E-state index in [2.05, 4.69) is 15.0 Å². The fraction of sp³-hybridized carbons (Fsp3) is 0.150. The van der Waals surface area contributed by atoms with E-state index >= 15 is 0 Å². The Morgan fingerprint density at radius 1 is 0.963 bits per heavy atom. The van der Waals surface area contributed by atoms with Gasteiger partial charge in [-0.2, -0.15) is 0 Å². The highest BCUT2D eigenvalue weighted by Crippen LogP contribution is 2.22. The van der Waals surface area contributed by atoms with Crippen molar-refractivity contribution in [1.82, 2.24) is 9.71 Å². The second-order valence-electron chi connectivity index (χ2n) is 5.97. The first-order chi connectivity index (χ1) is 13.0. The molecule has 0 aliphatic heterocycles. The first-order valence-corrected chi connectivity index (χ1v) is 9.95. The van der Waals surface area contributed by atoms with Crippen LogP contribution in [0.25, 0.3) is 11.1 Å². The summed E-state index contributed by atoms with van der Waals surface area (Å²) in [6, 6.07) is 20.8. The molecule has 2 aromatic carbocycles. The van der Waals surface area contributed by atoms with Crippen LogP contribution in [0.4, 0.5) is 5.82 Å². The molecular weight excluding hydrogens is 362 g/mol. The molecule has 140 valence electrons. The maximum Gasteiger partial charge on any atom is 0.241 e. The third-order valence-corrected chi connectivity index (χ3v) is 5.59. The maximum absolute atomic E-state index is 11.7. The van der Waals surface area contributed by atoms with Gasteiger partial charge in [0.05, 0.1) is 6.10 Å². The first-order valence-electron chi connectivity index (χ1n) is 8.46. The van der Waals surface area contributed by atoms with Gasteiger partial charge >= 0.3 is 0 Å². The molecule has 0 saturated carbocycles. The number of aliphatic hydroxyl groups is 1. The van der Waals surface area contributed by atoms with Crippen LogP contribution in [0.15, 0.2) is 77.8 Å². The van der Waals surface area contributed by atoms with Gasteiger partial charge in [0, 0.05) is 12.7 Å². The Morgan fingerprint density at radius 2 is 1.63 bits per heavy atom. The molecule has 0 aliphatic rings. The summed E-state index contributed by atoms with van der Waals surface area (Å²) in [5.74, 6) is 0.491. The van der Waals surface area contributed by atoms with Gasteiger partial charge in [-0.25, -0.2) is 18.1 Å². The van der Waals surface area contributed by atoms with Crippen molar-refractivity contribution in [3.8, 4) is 11.1 Å². The highest BCUT2D eigenvalue weighted by molar-refractivity contribution is 7.89. The average molecular weight is 383 g/mol. The molecule has 3 rings (SSSR count). The molecule has 0 radical (unpaired) electrons. The van der Waals surface area contributed by atoms with E-state index in [0.717, 1.165) is 16.7 Å². The predicted octanol–water partition coefficient (Wildman–Crippen LogP) is 2.80. The lowest BCUT2D eigenvalue weighted by Gasteiger charge is -2.13. The molecule has 0 amide bonds. The van der Waals surface area contributed by atoms with Crippen LogP contribution in [0.2, 0.25) is 0 Å². The van der Waals surface area contributed by atoms with E-state index < -0.39 is 16.1 Å². The molecule has 7 heteroatoms. The third-order valence-electron chi connectivity index (χ3n) is 4.19. The molecule has 6 nitrogen and oxygen atoms in total. The number of benzene rings is 2. The van der Waals surface area contributed by atoms with Crippen LogP contribution < -0.4 is 10.0 Å². The molecule has 27 heavy (non-hydrogen) atoms. The minimum Gasteiger partial charge on any atom is -0.387 e. The number of hydrogen-bond acceptors (Lipinski definition) is 5. The molecule has 0 spiro atoms. The van der Waals surface area contributed by atoms with Crippen LogP contribution in [-0.2, 0) is 10.0 Å². The smallest absolute Gasteiger partial charge is 0.241 e. The lowest BCUT2D eigenvalue weighted by atomic mass is 10.0. The van der Waals surface area contributed by atoms with Gasteiger partial charge in [-0.05, 0) is 35.9 Å². The summed E-state index contributed by atoms with van der Waals surface area (Å²) in [4.78, 5) is 4.16. The second kappa shape index (κ2) is 8.30. The van der Waals surface area contributed by atoms with Crippen LogP contribution in [0.1, 0.15) is 11.7 Å². The van der Waals surface area contributed by atoms with Crippen LogP contribution in [-0.4, -0.2) is 32.1 Å². The molecule has 1 aromatic heterocycles. The van der Waals surface area contributed by atoms with E-state index in [4.69, 9.17) is 0 Å². The van der Waals surface area contributed by atoms with Gasteiger partial charge in [0.25, 0.3) is 0 Å². The fourth-order valence-corrected chi connectivity index (χ4v) is 3.28. The van der Waals surface area contributed by atoms with Crippen LogP contribution in [0, 0.1) is 0 Å². The van der Waals surface area contributed by atoms with Gasteiger partial charge in [-0.15, -0.1) is 0 Å². The van der Waals surface area contributed by atoms with E-state index in [-0.39, 0.29) is 11.4 Å². The number of nitrogens with zero attached hydrogens (tertiary/aromatic N) is 1. The number of aromatic nitrogens is 1. The lowest BCUT2D eigenvalue weighted by Crippen LogP contribution is -2.19. The van der Waals surface area contributed by atoms with Crippen molar-refractivity contribution in [2.24, 2.45) is 0 Å². The fourth-order valence-electron chi connectivity index (χ4n) is 2.61. The Labute approximate surface area is 159 Å². The van der Waals surface area contributed by atoms with Crippen LogP contribution >= 0.6 is 0 Å². The van der Waals surface area contributed by atoms with Crippen molar-refractivity contribution >= 4 is 15.8 Å². The number of pyridine rings is 1. The Hall–Kier alpha value is -2.74. The number of aliphatic hydroxyl groups excluding tert-OH is 1. The standard InChI is InChI=1S/C20H21N3O3S/c1-21-27(25,26)18-11-12-20(22-13-18)23-14-19(24)17-9-7-16(8-10-17)15-5-3-2-4-6-15/h2-13,19,21,24H,14H2,1H3,(H,22,23). The summed E-state index contributed by atoms with van der Waals surface area (Å²) in [7, 11) is -2.16. The summed E-state index contributed by atoms with van der Waals surface area (Å²) >= 11 is 0. The van der Waals surface area contributed by atoms with Crippen molar-refractivity contribution in [2.45, 2.75) is 11.0 Å². The summed E-state index contributed by atoms with van der Waals surface area (Å²) in [5.41, 5.74) is 3.00. The zero-order valence-electron chi connectivity index (χ0n) is 14.8. The van der Waals surface area contributed by atoms with Crippen LogP contribution in [0.5, 0.6) is 0 Å². The van der Waals surface area contributed by atoms with E-state index in [1.165, 1.54) is 19.3 Å². The van der Waals surface area contributed by atoms with Gasteiger partial charge in [0.1, 0.15) is 10.7 Å². The molecule has 3 aromatic rings. The van der Waals surface area contributed by atoms with Gasteiger partial charge in [-0.1, -0.05) is 54.6 Å². The Kier molecular flexibility index (Phi) is 5.85. The highest BCUT2D eigenvalue weighted by atomic mass is 32.2. The highest BCUT2D eigenvalue weighted by Gasteiger charge is 2.12. The molecule has 1 atom stereocenters. The summed E-state index contributed by atoms with van der Waals surface area (Å²) in [6.45, 7) is 0.260. The number of rotatable bonds is 7. The number of anilines is 1. The number of hydrogen-bond donors (Lipinski definition) is 3. The van der Waals surface area contributed by atoms with Crippen molar-refractivity contribution in [3.05, 3.63) is 78.5 Å². The van der Waals surface area contributed by atoms with Crippen molar-refractivity contribution < 1.29 is 13.5 Å². The van der Waals surface area contributed by atoms with E-state index in [0.29, 0.717) is 5.82 Å². The third kappa shape index (κ3) is 4.71. The minimum absolute atomic E-state index is 0.0904. The maximum atomic E-state index is 11.7. The molecule has 1 heterocycles. The van der Waals surface area contributed by atoms with Crippen molar-refractivity contribution in [2.75, 3.05) is 18.9 Å². The van der Waals surface area contributed by atoms with Gasteiger partial charge in [0.2, 0.25) is 10.0 Å². The average Bonchev–Trinajstić information content (AvgIpc) is 2.73. The number of nitrogens with one attached hydrogen (secondary N) is 2. The SMILES string of the molecule is CNS(=O)(=O)c1ccc(NCC(O)c2ccc(-c3ccccc3)cc2)nc1. The van der Waals surface area contributed by atoms with Gasteiger partial charge < -0.3 is 10.4 Å². The van der Waals surface area contributed by atoms with E-state index in [9.17, 15) is 13.5 Å². The minimum atomic E-state index is -3.51. The largest absolute Gasteiger partial charge is 0.387 e. The molecule has 0 saturated heterocycles. The molecule has 1 unspecified atom stereocenters. The van der Waals surface area contributed by atoms with Crippen molar-refractivity contribution in [3.63, 3.8) is 0 Å². The van der Waals surface area contributed by atoms with Crippen molar-refractivity contribution in [1.29, 1.82) is 0 Å². The number of sulfonamides is 1. The topological polar surface area (TPSA) is 91.3 Å². The normalized spacial score (nSPS) is 12.5. The first kappa shape index (κ1) is 19.0. The van der Waals surface area contributed by atoms with E-state index in [1.807, 2.05) is 54.6 Å². The Morgan fingerprint density at radius 3 is 2.22 bits per heavy atom. The monoisotopic (exact) mass is 383 g/mol. The molecular formula is C20H21N3O3S. The molecule has 0 bridgehead atoms. The zero-order chi connectivity index (χ0) is 19.3. The lowest BCUT2D eigenvalue weighted by molar-refractivity contribution is 0.191. The second-order valence-corrected chi connectivity index (χ2v) is 7.86. The van der Waals surface area contributed by atoms with Crippen LogP contribution in [0.3, 0.4) is 0 Å². The van der Waals surface area contributed by atoms with Gasteiger partial charge in [-0.3, -0.25) is 0 Å². The molecule has 0 fully saturated rings. The Bertz CT molecular complexity index is 973. The molecule has 0 aliphatic carbocycles. The summed E-state index contributed by atoms with van der Waals surface area (Å²) in [5, 5.41) is 13.4. The quantitative estimate of drug-likeness (QED) is 0.584. The zero-order valence-corrected chi connectivity index (χ0v) is 15.6. The molecule has 3 N–H and O–H groups in total.